The second-order valence-corrected chi connectivity index (χ2v) is 7.21. The molecule has 0 fully saturated rings. The summed E-state index contributed by atoms with van der Waals surface area (Å²) in [4.78, 5) is 40.6. The second kappa shape index (κ2) is 8.44. The minimum Gasteiger partial charge on any atom is -0.350 e. The minimum atomic E-state index is -0.689. The molecule has 0 saturated heterocycles. The van der Waals surface area contributed by atoms with Gasteiger partial charge in [-0.15, -0.1) is 0 Å². The molecule has 27 heavy (non-hydrogen) atoms. The van der Waals surface area contributed by atoms with Crippen LogP contribution in [0.5, 0.6) is 0 Å². The number of aromatic nitrogens is 1. The molecule has 2 rings (SSSR count). The zero-order valence-electron chi connectivity index (χ0n) is 15.9. The summed E-state index contributed by atoms with van der Waals surface area (Å²) < 4.78 is 0. The van der Waals surface area contributed by atoms with Crippen LogP contribution in [0.4, 0.5) is 5.69 Å². The zero-order chi connectivity index (χ0) is 20.0. The van der Waals surface area contributed by atoms with E-state index in [1.54, 1.807) is 49.5 Å². The number of nitrogens with zero attached hydrogens (tertiary/aromatic N) is 1. The highest BCUT2D eigenvalue weighted by molar-refractivity contribution is 6.05. The van der Waals surface area contributed by atoms with E-state index in [0.717, 1.165) is 0 Å². The van der Waals surface area contributed by atoms with Crippen molar-refractivity contribution in [3.63, 3.8) is 0 Å². The smallest absolute Gasteiger partial charge is 0.257 e. The van der Waals surface area contributed by atoms with Crippen LogP contribution in [0.25, 0.3) is 0 Å². The molecule has 0 aliphatic heterocycles. The molecule has 0 spiro atoms. The molecular weight excluding hydrogens is 344 g/mol. The average Bonchev–Trinajstić information content (AvgIpc) is 2.61. The van der Waals surface area contributed by atoms with Gasteiger partial charge in [0.05, 0.1) is 5.56 Å². The third-order valence-electron chi connectivity index (χ3n) is 3.55. The van der Waals surface area contributed by atoms with Crippen molar-refractivity contribution in [2.75, 3.05) is 5.32 Å². The first-order chi connectivity index (χ1) is 12.7. The third kappa shape index (κ3) is 6.22. The van der Waals surface area contributed by atoms with E-state index < -0.39 is 11.9 Å². The lowest BCUT2D eigenvalue weighted by atomic mass is 10.1. The number of carbonyl (C=O) groups is 3. The number of carbonyl (C=O) groups excluding carboxylic acids is 3. The Morgan fingerprint density at radius 2 is 1.70 bits per heavy atom. The van der Waals surface area contributed by atoms with Crippen LogP contribution in [0.3, 0.4) is 0 Å². The summed E-state index contributed by atoms with van der Waals surface area (Å²) >= 11 is 0. The van der Waals surface area contributed by atoms with Crippen LogP contribution in [0.15, 0.2) is 48.8 Å². The van der Waals surface area contributed by atoms with Gasteiger partial charge in [0.2, 0.25) is 5.91 Å². The molecule has 1 atom stereocenters. The Kier molecular flexibility index (Phi) is 6.28. The van der Waals surface area contributed by atoms with Crippen molar-refractivity contribution in [2.45, 2.75) is 39.3 Å². The van der Waals surface area contributed by atoms with Crippen molar-refractivity contribution in [1.82, 2.24) is 15.6 Å². The number of anilines is 1. The Bertz CT molecular complexity index is 829. The van der Waals surface area contributed by atoms with E-state index in [1.807, 2.05) is 20.8 Å². The molecule has 142 valence electrons. The first kappa shape index (κ1) is 20.1. The standard InChI is InChI=1S/C20H24N4O3/c1-13(17(25)24-20(2,3)4)22-18(26)14-7-5-9-16(11-14)23-19(27)15-8-6-10-21-12-15/h5-13H,1-4H3,(H,22,26)(H,23,27)(H,24,25). The number of hydrogen-bond acceptors (Lipinski definition) is 4. The van der Waals surface area contributed by atoms with Gasteiger partial charge in [-0.1, -0.05) is 6.07 Å². The lowest BCUT2D eigenvalue weighted by Gasteiger charge is -2.23. The van der Waals surface area contributed by atoms with Crippen LogP contribution in [0.1, 0.15) is 48.4 Å². The number of nitrogens with one attached hydrogen (secondary N) is 3. The lowest BCUT2D eigenvalue weighted by Crippen LogP contribution is -2.50. The van der Waals surface area contributed by atoms with Gasteiger partial charge in [0.15, 0.2) is 0 Å². The number of rotatable bonds is 5. The second-order valence-electron chi connectivity index (χ2n) is 7.21. The van der Waals surface area contributed by atoms with Gasteiger partial charge in [-0.05, 0) is 58.0 Å². The van der Waals surface area contributed by atoms with Crippen molar-refractivity contribution in [1.29, 1.82) is 0 Å². The molecule has 1 aromatic carbocycles. The summed E-state index contributed by atoms with van der Waals surface area (Å²) in [5.74, 6) is -0.987. The monoisotopic (exact) mass is 368 g/mol. The van der Waals surface area contributed by atoms with Crippen LogP contribution in [0, 0.1) is 0 Å². The number of pyridine rings is 1. The van der Waals surface area contributed by atoms with Gasteiger partial charge < -0.3 is 16.0 Å². The van der Waals surface area contributed by atoms with Gasteiger partial charge in [-0.25, -0.2) is 0 Å². The molecule has 1 aromatic heterocycles. The van der Waals surface area contributed by atoms with Crippen LogP contribution < -0.4 is 16.0 Å². The SMILES string of the molecule is CC(NC(=O)c1cccc(NC(=O)c2cccnc2)c1)C(=O)NC(C)(C)C. The Labute approximate surface area is 158 Å². The fourth-order valence-electron chi connectivity index (χ4n) is 2.26. The highest BCUT2D eigenvalue weighted by atomic mass is 16.2. The first-order valence-electron chi connectivity index (χ1n) is 8.60. The van der Waals surface area contributed by atoms with Crippen LogP contribution in [-0.2, 0) is 4.79 Å². The Morgan fingerprint density at radius 3 is 2.33 bits per heavy atom. The third-order valence-corrected chi connectivity index (χ3v) is 3.55. The molecule has 7 nitrogen and oxygen atoms in total. The van der Waals surface area contributed by atoms with Crippen molar-refractivity contribution >= 4 is 23.4 Å². The number of amides is 3. The van der Waals surface area contributed by atoms with Crippen LogP contribution in [0.2, 0.25) is 0 Å². The molecule has 1 unspecified atom stereocenters. The lowest BCUT2D eigenvalue weighted by molar-refractivity contribution is -0.124. The van der Waals surface area contributed by atoms with Crippen molar-refractivity contribution in [3.8, 4) is 0 Å². The Morgan fingerprint density at radius 1 is 1.00 bits per heavy atom. The van der Waals surface area contributed by atoms with Crippen molar-refractivity contribution < 1.29 is 14.4 Å². The average molecular weight is 368 g/mol. The van der Waals surface area contributed by atoms with E-state index in [2.05, 4.69) is 20.9 Å². The van der Waals surface area contributed by atoms with Crippen LogP contribution in [-0.4, -0.2) is 34.3 Å². The molecule has 0 aliphatic carbocycles. The summed E-state index contributed by atoms with van der Waals surface area (Å²) in [6, 6.07) is 9.14. The zero-order valence-corrected chi connectivity index (χ0v) is 15.9. The van der Waals surface area contributed by atoms with E-state index in [-0.39, 0.29) is 17.4 Å². The highest BCUT2D eigenvalue weighted by Gasteiger charge is 2.21. The molecule has 0 saturated carbocycles. The largest absolute Gasteiger partial charge is 0.350 e. The first-order valence-corrected chi connectivity index (χ1v) is 8.60. The summed E-state index contributed by atoms with van der Waals surface area (Å²) in [7, 11) is 0. The van der Waals surface area contributed by atoms with Gasteiger partial charge in [0, 0.05) is 29.2 Å². The minimum absolute atomic E-state index is 0.267. The molecule has 0 bridgehead atoms. The van der Waals surface area contributed by atoms with Crippen molar-refractivity contribution in [2.24, 2.45) is 0 Å². The molecule has 0 aliphatic rings. The number of benzene rings is 1. The Hall–Kier alpha value is -3.22. The van der Waals surface area contributed by atoms with E-state index >= 15 is 0 Å². The molecule has 0 radical (unpaired) electrons. The van der Waals surface area contributed by atoms with Gasteiger partial charge >= 0.3 is 0 Å². The quantitative estimate of drug-likeness (QED) is 0.754. The predicted molar refractivity (Wildman–Crippen MR) is 103 cm³/mol. The molecule has 7 heteroatoms. The maximum Gasteiger partial charge on any atom is 0.257 e. The van der Waals surface area contributed by atoms with Crippen LogP contribution >= 0.6 is 0 Å². The van der Waals surface area contributed by atoms with E-state index in [9.17, 15) is 14.4 Å². The summed E-state index contributed by atoms with van der Waals surface area (Å²) in [6.07, 6.45) is 3.04. The molecular formula is C20H24N4O3. The fraction of sp³-hybridized carbons (Fsp3) is 0.300. The predicted octanol–water partition coefficient (Wildman–Crippen LogP) is 2.37. The maximum atomic E-state index is 12.4. The molecule has 3 amide bonds. The van der Waals surface area contributed by atoms with Gasteiger partial charge in [0.1, 0.15) is 6.04 Å². The van der Waals surface area contributed by atoms with E-state index in [0.29, 0.717) is 16.8 Å². The summed E-state index contributed by atoms with van der Waals surface area (Å²) in [5.41, 5.74) is 0.851. The molecule has 3 N–H and O–H groups in total. The topological polar surface area (TPSA) is 100 Å². The van der Waals surface area contributed by atoms with E-state index in [4.69, 9.17) is 0 Å². The Balaban J connectivity index is 2.02. The summed E-state index contributed by atoms with van der Waals surface area (Å²) in [5, 5.41) is 8.19. The van der Waals surface area contributed by atoms with Gasteiger partial charge in [0.25, 0.3) is 11.8 Å². The summed E-state index contributed by atoms with van der Waals surface area (Å²) in [6.45, 7) is 7.22. The molecule has 2 aromatic rings. The van der Waals surface area contributed by atoms with E-state index in [1.165, 1.54) is 6.20 Å². The normalized spacial score (nSPS) is 12.0. The fourth-order valence-corrected chi connectivity index (χ4v) is 2.26. The maximum absolute atomic E-state index is 12.4. The molecule has 1 heterocycles. The highest BCUT2D eigenvalue weighted by Crippen LogP contribution is 2.12. The van der Waals surface area contributed by atoms with Gasteiger partial charge in [-0.3, -0.25) is 19.4 Å². The van der Waals surface area contributed by atoms with Crippen molar-refractivity contribution in [3.05, 3.63) is 59.9 Å². The number of hydrogen-bond donors (Lipinski definition) is 3. The van der Waals surface area contributed by atoms with Gasteiger partial charge in [-0.2, -0.15) is 0 Å².